The Kier molecular flexibility index (Phi) is 3.24. The van der Waals surface area contributed by atoms with E-state index in [4.69, 9.17) is 5.11 Å². The first-order valence-corrected chi connectivity index (χ1v) is 3.70. The predicted octanol–water partition coefficient (Wildman–Crippen LogP) is 0.574. The minimum absolute atomic E-state index is 0.443. The van der Waals surface area contributed by atoms with Crippen LogP contribution in [-0.4, -0.2) is 35.5 Å². The van der Waals surface area contributed by atoms with Crippen LogP contribution >= 0.6 is 0 Å². The van der Waals surface area contributed by atoms with Crippen LogP contribution < -0.4 is 0 Å². The highest BCUT2D eigenvalue weighted by atomic mass is 16.4. The summed E-state index contributed by atoms with van der Waals surface area (Å²) in [5.74, 6) is -0.975. The molecule has 0 aliphatic carbocycles. The van der Waals surface area contributed by atoms with Crippen molar-refractivity contribution in [2.24, 2.45) is 5.41 Å². The normalized spacial score (nSPS) is 13.7. The Hall–Kier alpha value is -1.06. The van der Waals surface area contributed by atoms with Gasteiger partial charge >= 0.3 is 5.97 Å². The van der Waals surface area contributed by atoms with E-state index in [0.29, 0.717) is 6.41 Å². The summed E-state index contributed by atoms with van der Waals surface area (Å²) in [6.07, 6.45) is 0.532. The van der Waals surface area contributed by atoms with Crippen molar-refractivity contribution in [3.8, 4) is 0 Å². The van der Waals surface area contributed by atoms with Gasteiger partial charge in [0, 0.05) is 7.05 Å². The number of hydrogen-bond acceptors (Lipinski definition) is 2. The topological polar surface area (TPSA) is 57.6 Å². The Morgan fingerprint density at radius 3 is 2.00 bits per heavy atom. The van der Waals surface area contributed by atoms with Gasteiger partial charge in [-0.05, 0) is 5.41 Å². The molecule has 0 radical (unpaired) electrons. The molecule has 0 aromatic heterocycles. The molecular formula is C8H15NO3. The molecule has 1 atom stereocenters. The van der Waals surface area contributed by atoms with E-state index in [2.05, 4.69) is 0 Å². The SMILES string of the molecule is CN(C=O)C(C(=O)O)C(C)(C)C. The molecule has 0 saturated heterocycles. The highest BCUT2D eigenvalue weighted by molar-refractivity contribution is 5.77. The summed E-state index contributed by atoms with van der Waals surface area (Å²) in [7, 11) is 1.47. The third kappa shape index (κ3) is 2.53. The molecule has 4 heteroatoms. The molecule has 0 aromatic carbocycles. The molecule has 0 aliphatic heterocycles. The van der Waals surface area contributed by atoms with Crippen molar-refractivity contribution in [2.45, 2.75) is 26.8 Å². The van der Waals surface area contributed by atoms with Crippen molar-refractivity contribution in [1.29, 1.82) is 0 Å². The van der Waals surface area contributed by atoms with Gasteiger partial charge in [0.1, 0.15) is 6.04 Å². The molecule has 0 rings (SSSR count). The Morgan fingerprint density at radius 2 is 1.92 bits per heavy atom. The summed E-state index contributed by atoms with van der Waals surface area (Å²) < 4.78 is 0. The standard InChI is InChI=1S/C8H15NO3/c1-8(2,3)6(7(11)12)9(4)5-10/h5-6H,1-4H3,(H,11,12). The molecule has 1 amide bonds. The molecule has 1 N–H and O–H groups in total. The van der Waals surface area contributed by atoms with Crippen LogP contribution in [0.3, 0.4) is 0 Å². The first kappa shape index (κ1) is 10.9. The largest absolute Gasteiger partial charge is 0.480 e. The number of amides is 1. The minimum atomic E-state index is -0.975. The highest BCUT2D eigenvalue weighted by Crippen LogP contribution is 2.22. The van der Waals surface area contributed by atoms with E-state index < -0.39 is 17.4 Å². The van der Waals surface area contributed by atoms with Gasteiger partial charge in [-0.2, -0.15) is 0 Å². The predicted molar refractivity (Wildman–Crippen MR) is 44.7 cm³/mol. The van der Waals surface area contributed by atoms with Gasteiger partial charge in [0.25, 0.3) is 0 Å². The molecule has 70 valence electrons. The van der Waals surface area contributed by atoms with Gasteiger partial charge in [0.15, 0.2) is 0 Å². The first-order chi connectivity index (χ1) is 5.30. The van der Waals surface area contributed by atoms with Crippen LogP contribution in [0.5, 0.6) is 0 Å². The molecule has 4 nitrogen and oxygen atoms in total. The maximum Gasteiger partial charge on any atom is 0.326 e. The summed E-state index contributed by atoms with van der Waals surface area (Å²) in [6, 6.07) is -0.769. The maximum atomic E-state index is 10.7. The molecule has 1 unspecified atom stereocenters. The third-order valence-corrected chi connectivity index (χ3v) is 1.63. The van der Waals surface area contributed by atoms with Crippen molar-refractivity contribution >= 4 is 12.4 Å². The summed E-state index contributed by atoms with van der Waals surface area (Å²) in [5, 5.41) is 8.81. The van der Waals surface area contributed by atoms with E-state index in [1.54, 1.807) is 20.8 Å². The quantitative estimate of drug-likeness (QED) is 0.635. The maximum absolute atomic E-state index is 10.7. The Bertz CT molecular complexity index is 183. The summed E-state index contributed by atoms with van der Waals surface area (Å²) >= 11 is 0. The molecule has 0 heterocycles. The number of rotatable bonds is 3. The number of carboxylic acids is 1. The molecule has 0 aliphatic rings. The van der Waals surface area contributed by atoms with Crippen LogP contribution in [0.15, 0.2) is 0 Å². The lowest BCUT2D eigenvalue weighted by Crippen LogP contribution is -2.46. The second-order valence-electron chi connectivity index (χ2n) is 3.88. The Morgan fingerprint density at radius 1 is 1.50 bits per heavy atom. The lowest BCUT2D eigenvalue weighted by atomic mass is 9.86. The number of likely N-dealkylation sites (N-methyl/N-ethyl adjacent to an activating group) is 1. The molecular weight excluding hydrogens is 158 g/mol. The van der Waals surface area contributed by atoms with E-state index in [9.17, 15) is 9.59 Å². The monoisotopic (exact) mass is 173 g/mol. The number of carbonyl (C=O) groups is 2. The molecule has 0 spiro atoms. The highest BCUT2D eigenvalue weighted by Gasteiger charge is 2.34. The number of carbonyl (C=O) groups excluding carboxylic acids is 1. The molecule has 0 bridgehead atoms. The van der Waals surface area contributed by atoms with Crippen molar-refractivity contribution in [2.75, 3.05) is 7.05 Å². The van der Waals surface area contributed by atoms with Gasteiger partial charge < -0.3 is 10.0 Å². The van der Waals surface area contributed by atoms with Crippen molar-refractivity contribution in [1.82, 2.24) is 4.90 Å². The van der Waals surface area contributed by atoms with Crippen LogP contribution in [0.25, 0.3) is 0 Å². The van der Waals surface area contributed by atoms with E-state index in [1.807, 2.05) is 0 Å². The second kappa shape index (κ2) is 3.56. The van der Waals surface area contributed by atoms with Crippen LogP contribution in [0.1, 0.15) is 20.8 Å². The molecule has 0 fully saturated rings. The average Bonchev–Trinajstić information content (AvgIpc) is 1.83. The number of carboxylic acid groups (broad SMARTS) is 1. The summed E-state index contributed by atoms with van der Waals surface area (Å²) in [5.41, 5.74) is -0.443. The van der Waals surface area contributed by atoms with Crippen molar-refractivity contribution in [3.05, 3.63) is 0 Å². The molecule has 12 heavy (non-hydrogen) atoms. The number of aliphatic carboxylic acids is 1. The fourth-order valence-electron chi connectivity index (χ4n) is 1.22. The van der Waals surface area contributed by atoms with Crippen LogP contribution in [-0.2, 0) is 9.59 Å². The van der Waals surface area contributed by atoms with Crippen molar-refractivity contribution < 1.29 is 14.7 Å². The Labute approximate surface area is 72.2 Å². The molecule has 0 saturated carbocycles. The van der Waals surface area contributed by atoms with E-state index >= 15 is 0 Å². The smallest absolute Gasteiger partial charge is 0.326 e. The van der Waals surface area contributed by atoms with Gasteiger partial charge in [-0.1, -0.05) is 20.8 Å². The van der Waals surface area contributed by atoms with Crippen LogP contribution in [0.4, 0.5) is 0 Å². The average molecular weight is 173 g/mol. The fraction of sp³-hybridized carbons (Fsp3) is 0.750. The molecule has 0 aromatic rings. The number of hydrogen-bond donors (Lipinski definition) is 1. The van der Waals surface area contributed by atoms with Gasteiger partial charge in [-0.3, -0.25) is 4.79 Å². The first-order valence-electron chi connectivity index (χ1n) is 3.70. The van der Waals surface area contributed by atoms with E-state index in [-0.39, 0.29) is 0 Å². The summed E-state index contributed by atoms with van der Waals surface area (Å²) in [4.78, 5) is 22.3. The second-order valence-corrected chi connectivity index (χ2v) is 3.88. The van der Waals surface area contributed by atoms with Gasteiger partial charge in [-0.25, -0.2) is 4.79 Å². The Balaban J connectivity index is 4.67. The van der Waals surface area contributed by atoms with Gasteiger partial charge in [-0.15, -0.1) is 0 Å². The lowest BCUT2D eigenvalue weighted by molar-refractivity contribution is -0.149. The van der Waals surface area contributed by atoms with Crippen LogP contribution in [0, 0.1) is 5.41 Å². The van der Waals surface area contributed by atoms with Gasteiger partial charge in [0.05, 0.1) is 0 Å². The zero-order valence-electron chi connectivity index (χ0n) is 7.87. The minimum Gasteiger partial charge on any atom is -0.480 e. The van der Waals surface area contributed by atoms with E-state index in [0.717, 1.165) is 0 Å². The zero-order valence-corrected chi connectivity index (χ0v) is 7.87. The third-order valence-electron chi connectivity index (χ3n) is 1.63. The zero-order chi connectivity index (χ0) is 9.94. The fourth-order valence-corrected chi connectivity index (χ4v) is 1.22. The van der Waals surface area contributed by atoms with Crippen molar-refractivity contribution in [3.63, 3.8) is 0 Å². The van der Waals surface area contributed by atoms with Crippen LogP contribution in [0.2, 0.25) is 0 Å². The van der Waals surface area contributed by atoms with E-state index in [1.165, 1.54) is 11.9 Å². The lowest BCUT2D eigenvalue weighted by Gasteiger charge is -2.32. The number of nitrogens with zero attached hydrogens (tertiary/aromatic N) is 1. The van der Waals surface area contributed by atoms with Gasteiger partial charge in [0.2, 0.25) is 6.41 Å². The summed E-state index contributed by atoms with van der Waals surface area (Å²) in [6.45, 7) is 5.35.